The summed E-state index contributed by atoms with van der Waals surface area (Å²) in [6.45, 7) is -0.0736. The Kier molecular flexibility index (Phi) is 5.09. The molecule has 0 unspecified atom stereocenters. The minimum Gasteiger partial charge on any atom is -0.330 e. The highest BCUT2D eigenvalue weighted by molar-refractivity contribution is 6.31. The van der Waals surface area contributed by atoms with Crippen LogP contribution in [-0.4, -0.2) is 20.4 Å². The lowest BCUT2D eigenvalue weighted by Gasteiger charge is -2.24. The fourth-order valence-electron chi connectivity index (χ4n) is 3.26. The molecule has 0 atom stereocenters. The number of fused-ring (bicyclic) bond motifs is 1. The third-order valence-corrected chi connectivity index (χ3v) is 4.96. The number of hydrogen-bond donors (Lipinski definition) is 1. The Balaban J connectivity index is 1.87. The van der Waals surface area contributed by atoms with E-state index in [1.165, 1.54) is 29.6 Å². The monoisotopic (exact) mass is 428 g/mol. The summed E-state index contributed by atoms with van der Waals surface area (Å²) in [5, 5.41) is 0.706. The number of aryl methyl sites for hydroxylation is 1. The fraction of sp³-hybridized carbons (Fsp3) is 0.0952. The molecule has 0 spiro atoms. The molecule has 0 aliphatic rings. The van der Waals surface area contributed by atoms with Crippen LogP contribution in [0.1, 0.15) is 16.1 Å². The first-order valence-electron chi connectivity index (χ1n) is 8.89. The van der Waals surface area contributed by atoms with Gasteiger partial charge < -0.3 is 14.5 Å². The number of carbonyl (C=O) groups excluding carboxylic acids is 1. The molecule has 30 heavy (non-hydrogen) atoms. The van der Waals surface area contributed by atoms with Crippen molar-refractivity contribution in [1.29, 1.82) is 0 Å². The number of amides is 1. The minimum absolute atomic E-state index is 0.0736. The van der Waals surface area contributed by atoms with Crippen LogP contribution in [0.15, 0.2) is 59.8 Å². The number of aromatic amines is 1. The van der Waals surface area contributed by atoms with Gasteiger partial charge in [0.25, 0.3) is 5.91 Å². The number of imidazole rings is 1. The van der Waals surface area contributed by atoms with E-state index in [-0.39, 0.29) is 12.1 Å². The van der Waals surface area contributed by atoms with Gasteiger partial charge in [0.1, 0.15) is 5.69 Å². The standard InChI is InChI=1S/C21H15ClF2N4O2/c1-27-11-25-9-17(27)21(30)28(14-4-2-3-13(22)8-14)10-12-7-18(29)26-20-15(12)5-6-16(23)19(20)24/h2-9,11H,10H2,1H3,(H,26,29). The fourth-order valence-corrected chi connectivity index (χ4v) is 3.45. The topological polar surface area (TPSA) is 71.0 Å². The minimum atomic E-state index is -1.15. The van der Waals surface area contributed by atoms with E-state index >= 15 is 0 Å². The smallest absolute Gasteiger partial charge is 0.276 e. The van der Waals surface area contributed by atoms with Crippen molar-refractivity contribution in [3.05, 3.63) is 93.3 Å². The normalized spacial score (nSPS) is 11.1. The van der Waals surface area contributed by atoms with Crippen LogP contribution in [0.2, 0.25) is 5.02 Å². The van der Waals surface area contributed by atoms with Gasteiger partial charge in [-0.2, -0.15) is 0 Å². The molecule has 0 saturated carbocycles. The number of benzene rings is 2. The predicted molar refractivity (Wildman–Crippen MR) is 110 cm³/mol. The molecule has 2 heterocycles. The third kappa shape index (κ3) is 3.57. The second kappa shape index (κ2) is 7.72. The Morgan fingerprint density at radius 2 is 2.03 bits per heavy atom. The molecule has 2 aromatic carbocycles. The molecule has 4 aromatic rings. The number of carbonyl (C=O) groups is 1. The van der Waals surface area contributed by atoms with Crippen molar-refractivity contribution in [3.8, 4) is 0 Å². The number of nitrogens with one attached hydrogen (secondary N) is 1. The summed E-state index contributed by atoms with van der Waals surface area (Å²) >= 11 is 6.11. The number of aromatic nitrogens is 3. The molecule has 9 heteroatoms. The van der Waals surface area contributed by atoms with Crippen LogP contribution in [0.4, 0.5) is 14.5 Å². The van der Waals surface area contributed by atoms with Gasteiger partial charge >= 0.3 is 0 Å². The maximum atomic E-state index is 14.3. The van der Waals surface area contributed by atoms with E-state index in [1.807, 2.05) is 0 Å². The predicted octanol–water partition coefficient (Wildman–Crippen LogP) is 4.04. The Morgan fingerprint density at radius 1 is 1.23 bits per heavy atom. The zero-order valence-corrected chi connectivity index (χ0v) is 16.5. The summed E-state index contributed by atoms with van der Waals surface area (Å²) in [7, 11) is 1.68. The van der Waals surface area contributed by atoms with Crippen molar-refractivity contribution in [3.63, 3.8) is 0 Å². The molecule has 0 aliphatic carbocycles. The zero-order chi connectivity index (χ0) is 21.4. The van der Waals surface area contributed by atoms with Crippen molar-refractivity contribution in [1.82, 2.24) is 14.5 Å². The van der Waals surface area contributed by atoms with Gasteiger partial charge in [0.15, 0.2) is 11.6 Å². The molecule has 6 nitrogen and oxygen atoms in total. The first-order chi connectivity index (χ1) is 14.3. The number of halogens is 3. The highest BCUT2D eigenvalue weighted by Gasteiger charge is 2.23. The molecule has 0 radical (unpaired) electrons. The van der Waals surface area contributed by atoms with Crippen molar-refractivity contribution in [2.45, 2.75) is 6.54 Å². The van der Waals surface area contributed by atoms with Crippen molar-refractivity contribution in [2.75, 3.05) is 4.90 Å². The average Bonchev–Trinajstić information content (AvgIpc) is 3.14. The van der Waals surface area contributed by atoms with Crippen LogP contribution >= 0.6 is 11.6 Å². The number of rotatable bonds is 4. The Labute approximate surface area is 174 Å². The summed E-state index contributed by atoms with van der Waals surface area (Å²) in [6.07, 6.45) is 2.91. The number of H-pyrrole nitrogens is 1. The van der Waals surface area contributed by atoms with E-state index in [0.717, 1.165) is 6.07 Å². The summed E-state index contributed by atoms with van der Waals surface area (Å²) in [4.78, 5) is 33.1. The van der Waals surface area contributed by atoms with Gasteiger partial charge in [0, 0.05) is 29.2 Å². The van der Waals surface area contributed by atoms with Crippen molar-refractivity contribution in [2.24, 2.45) is 7.05 Å². The first kappa shape index (κ1) is 19.8. The zero-order valence-electron chi connectivity index (χ0n) is 15.7. The van der Waals surface area contributed by atoms with Crippen LogP contribution in [0.3, 0.4) is 0 Å². The first-order valence-corrected chi connectivity index (χ1v) is 9.26. The second-order valence-corrected chi connectivity index (χ2v) is 7.14. The van der Waals surface area contributed by atoms with Gasteiger partial charge in [-0.05, 0) is 35.9 Å². The Morgan fingerprint density at radius 3 is 2.73 bits per heavy atom. The van der Waals surface area contributed by atoms with Gasteiger partial charge in [-0.3, -0.25) is 9.59 Å². The Hall–Kier alpha value is -3.52. The molecule has 0 fully saturated rings. The maximum absolute atomic E-state index is 14.3. The SMILES string of the molecule is Cn1cncc1C(=O)N(Cc1cc(=O)[nH]c2c(F)c(F)ccc12)c1cccc(Cl)c1. The molecule has 1 N–H and O–H groups in total. The van der Waals surface area contributed by atoms with E-state index in [0.29, 0.717) is 27.4 Å². The lowest BCUT2D eigenvalue weighted by atomic mass is 10.1. The largest absolute Gasteiger partial charge is 0.330 e. The van der Waals surface area contributed by atoms with E-state index in [2.05, 4.69) is 9.97 Å². The van der Waals surface area contributed by atoms with E-state index in [1.54, 1.807) is 35.9 Å². The average molecular weight is 429 g/mol. The molecule has 4 rings (SSSR count). The third-order valence-electron chi connectivity index (χ3n) is 4.72. The highest BCUT2D eigenvalue weighted by atomic mass is 35.5. The van der Waals surface area contributed by atoms with Crippen LogP contribution in [0, 0.1) is 11.6 Å². The van der Waals surface area contributed by atoms with Gasteiger partial charge in [-0.15, -0.1) is 0 Å². The van der Waals surface area contributed by atoms with Gasteiger partial charge in [-0.1, -0.05) is 17.7 Å². The number of anilines is 1. The number of nitrogens with zero attached hydrogens (tertiary/aromatic N) is 3. The maximum Gasteiger partial charge on any atom is 0.276 e. The van der Waals surface area contributed by atoms with E-state index in [4.69, 9.17) is 11.6 Å². The van der Waals surface area contributed by atoms with Crippen LogP contribution < -0.4 is 10.5 Å². The molecule has 152 valence electrons. The number of pyridine rings is 1. The van der Waals surface area contributed by atoms with Gasteiger partial charge in [0.2, 0.25) is 5.56 Å². The molecule has 2 aromatic heterocycles. The van der Waals surface area contributed by atoms with Crippen molar-refractivity contribution < 1.29 is 13.6 Å². The van der Waals surface area contributed by atoms with Crippen LogP contribution in [0.25, 0.3) is 10.9 Å². The van der Waals surface area contributed by atoms with Gasteiger partial charge in [0.05, 0.1) is 24.6 Å². The summed E-state index contributed by atoms with van der Waals surface area (Å²) in [5.41, 5.74) is 0.270. The van der Waals surface area contributed by atoms with Gasteiger partial charge in [-0.25, -0.2) is 13.8 Å². The highest BCUT2D eigenvalue weighted by Crippen LogP contribution is 2.26. The second-order valence-electron chi connectivity index (χ2n) is 6.70. The van der Waals surface area contributed by atoms with Crippen LogP contribution in [-0.2, 0) is 13.6 Å². The van der Waals surface area contributed by atoms with Crippen LogP contribution in [0.5, 0.6) is 0 Å². The summed E-state index contributed by atoms with van der Waals surface area (Å²) < 4.78 is 29.5. The molecule has 0 aliphatic heterocycles. The quantitative estimate of drug-likeness (QED) is 0.533. The molecule has 0 bridgehead atoms. The lowest BCUT2D eigenvalue weighted by molar-refractivity contribution is 0.0977. The van der Waals surface area contributed by atoms with E-state index < -0.39 is 23.1 Å². The lowest BCUT2D eigenvalue weighted by Crippen LogP contribution is -2.32. The van der Waals surface area contributed by atoms with E-state index in [9.17, 15) is 18.4 Å². The molecule has 0 saturated heterocycles. The Bertz CT molecular complexity index is 1330. The summed E-state index contributed by atoms with van der Waals surface area (Å²) in [5.74, 6) is -2.63. The number of hydrogen-bond acceptors (Lipinski definition) is 3. The molecule has 1 amide bonds. The summed E-state index contributed by atoms with van der Waals surface area (Å²) in [6, 6.07) is 10.2. The molecular weight excluding hydrogens is 414 g/mol. The van der Waals surface area contributed by atoms with Crippen molar-refractivity contribution >= 4 is 34.1 Å². The molecular formula is C21H15ClF2N4O2.